The molecule has 19 heavy (non-hydrogen) atoms. The van der Waals surface area contributed by atoms with Gasteiger partial charge in [-0.1, -0.05) is 24.3 Å². The molecule has 1 amide bonds. The summed E-state index contributed by atoms with van der Waals surface area (Å²) in [7, 11) is 0. The lowest BCUT2D eigenvalue weighted by molar-refractivity contribution is -0.131. The first-order chi connectivity index (χ1) is 9.02. The Bertz CT molecular complexity index is 465. The van der Waals surface area contributed by atoms with E-state index in [2.05, 4.69) is 5.32 Å². The Hall–Kier alpha value is -2.30. The number of aliphatic carboxylic acids is 1. The Balaban J connectivity index is 2.65. The Morgan fingerprint density at radius 1 is 1.37 bits per heavy atom. The first kappa shape index (κ1) is 14.8. The monoisotopic (exact) mass is 263 g/mol. The normalized spacial score (nSPS) is 12.1. The van der Waals surface area contributed by atoms with Crippen molar-refractivity contribution in [2.75, 3.05) is 6.61 Å². The molecule has 2 N–H and O–H groups in total. The van der Waals surface area contributed by atoms with E-state index in [0.717, 1.165) is 17.2 Å². The minimum atomic E-state index is -0.985. The van der Waals surface area contributed by atoms with Gasteiger partial charge in [0.1, 0.15) is 0 Å². The van der Waals surface area contributed by atoms with Gasteiger partial charge in [0.15, 0.2) is 0 Å². The molecule has 0 aliphatic heterocycles. The van der Waals surface area contributed by atoms with Gasteiger partial charge in [0.25, 0.3) is 0 Å². The predicted molar refractivity (Wildman–Crippen MR) is 71.7 cm³/mol. The summed E-state index contributed by atoms with van der Waals surface area (Å²) in [6, 6.07) is 7.07. The average Bonchev–Trinajstić information content (AvgIpc) is 2.37. The van der Waals surface area contributed by atoms with Gasteiger partial charge in [-0.25, -0.2) is 9.59 Å². The fraction of sp³-hybridized carbons (Fsp3) is 0.286. The van der Waals surface area contributed by atoms with Crippen molar-refractivity contribution in [1.82, 2.24) is 5.32 Å². The summed E-state index contributed by atoms with van der Waals surface area (Å²) in [5, 5.41) is 11.2. The molecule has 1 rings (SSSR count). The van der Waals surface area contributed by atoms with E-state index in [0.29, 0.717) is 6.61 Å². The number of rotatable bonds is 5. The summed E-state index contributed by atoms with van der Waals surface area (Å²) in [4.78, 5) is 21.6. The summed E-state index contributed by atoms with van der Waals surface area (Å²) in [5.41, 5.74) is 1.70. The van der Waals surface area contributed by atoms with E-state index in [1.807, 2.05) is 19.1 Å². The van der Waals surface area contributed by atoms with Crippen molar-refractivity contribution in [3.63, 3.8) is 0 Å². The van der Waals surface area contributed by atoms with Gasteiger partial charge >= 0.3 is 12.1 Å². The van der Waals surface area contributed by atoms with Crippen LogP contribution >= 0.6 is 0 Å². The van der Waals surface area contributed by atoms with E-state index in [4.69, 9.17) is 9.84 Å². The molecule has 0 aliphatic carbocycles. The van der Waals surface area contributed by atoms with Crippen LogP contribution in [0, 0.1) is 0 Å². The largest absolute Gasteiger partial charge is 0.478 e. The van der Waals surface area contributed by atoms with Gasteiger partial charge in [-0.3, -0.25) is 0 Å². The summed E-state index contributed by atoms with van der Waals surface area (Å²) in [6.45, 7) is 3.92. The number of ether oxygens (including phenoxy) is 1. The number of carbonyl (C=O) groups excluding carboxylic acids is 1. The van der Waals surface area contributed by atoms with E-state index in [1.165, 1.54) is 6.08 Å². The fourth-order valence-electron chi connectivity index (χ4n) is 1.50. The first-order valence-corrected chi connectivity index (χ1v) is 5.97. The number of benzene rings is 1. The van der Waals surface area contributed by atoms with E-state index in [-0.39, 0.29) is 6.04 Å². The lowest BCUT2D eigenvalue weighted by Gasteiger charge is -2.14. The van der Waals surface area contributed by atoms with Crippen molar-refractivity contribution in [3.8, 4) is 0 Å². The number of nitrogens with one attached hydrogen (secondary N) is 1. The standard InChI is InChI=1S/C14H17NO4/c1-3-19-14(18)15-10(2)12-7-4-11(5-8-12)6-9-13(16)17/h4-10H,3H2,1-2H3,(H,15,18)(H,16,17)/b9-6+. The number of carbonyl (C=O) groups is 2. The Morgan fingerprint density at radius 3 is 2.53 bits per heavy atom. The molecule has 102 valence electrons. The SMILES string of the molecule is CCOC(=O)NC(C)c1ccc(/C=C/C(=O)O)cc1. The maximum absolute atomic E-state index is 11.3. The number of carboxylic acids is 1. The van der Waals surface area contributed by atoms with Crippen LogP contribution in [0.1, 0.15) is 31.0 Å². The average molecular weight is 263 g/mol. The van der Waals surface area contributed by atoms with Crippen molar-refractivity contribution < 1.29 is 19.4 Å². The molecule has 0 heterocycles. The molecule has 1 unspecified atom stereocenters. The molecule has 0 radical (unpaired) electrons. The van der Waals surface area contributed by atoms with Crippen LogP contribution in [0.2, 0.25) is 0 Å². The summed E-state index contributed by atoms with van der Waals surface area (Å²) >= 11 is 0. The zero-order valence-electron chi connectivity index (χ0n) is 10.9. The highest BCUT2D eigenvalue weighted by Crippen LogP contribution is 2.14. The topological polar surface area (TPSA) is 75.6 Å². The molecule has 1 aromatic carbocycles. The first-order valence-electron chi connectivity index (χ1n) is 5.97. The lowest BCUT2D eigenvalue weighted by atomic mass is 10.1. The van der Waals surface area contributed by atoms with Crippen LogP contribution in [0.3, 0.4) is 0 Å². The molecule has 0 spiro atoms. The van der Waals surface area contributed by atoms with Gasteiger partial charge in [0.05, 0.1) is 12.6 Å². The van der Waals surface area contributed by atoms with Crippen molar-refractivity contribution in [2.24, 2.45) is 0 Å². The van der Waals surface area contributed by atoms with E-state index >= 15 is 0 Å². The maximum Gasteiger partial charge on any atom is 0.407 e. The molecular formula is C14H17NO4. The summed E-state index contributed by atoms with van der Waals surface area (Å²) in [5.74, 6) is -0.985. The van der Waals surface area contributed by atoms with E-state index < -0.39 is 12.1 Å². The summed E-state index contributed by atoms with van der Waals surface area (Å²) in [6.07, 6.45) is 2.13. The minimum Gasteiger partial charge on any atom is -0.478 e. The molecule has 0 saturated heterocycles. The van der Waals surface area contributed by atoms with Crippen molar-refractivity contribution >= 4 is 18.1 Å². The number of hydrogen-bond donors (Lipinski definition) is 2. The molecule has 0 bridgehead atoms. The van der Waals surface area contributed by atoms with Gasteiger partial charge in [-0.15, -0.1) is 0 Å². The molecule has 1 aromatic rings. The molecular weight excluding hydrogens is 246 g/mol. The second-order valence-electron chi connectivity index (χ2n) is 3.92. The highest BCUT2D eigenvalue weighted by Gasteiger charge is 2.09. The van der Waals surface area contributed by atoms with Crippen LogP contribution < -0.4 is 5.32 Å². The number of hydrogen-bond acceptors (Lipinski definition) is 3. The van der Waals surface area contributed by atoms with Crippen molar-refractivity contribution in [3.05, 3.63) is 41.5 Å². The third-order valence-corrected chi connectivity index (χ3v) is 2.46. The highest BCUT2D eigenvalue weighted by atomic mass is 16.5. The number of amides is 1. The molecule has 5 heteroatoms. The van der Waals surface area contributed by atoms with Gasteiger partial charge < -0.3 is 15.2 Å². The third-order valence-electron chi connectivity index (χ3n) is 2.46. The van der Waals surface area contributed by atoms with Gasteiger partial charge in [-0.05, 0) is 31.1 Å². The zero-order chi connectivity index (χ0) is 14.3. The van der Waals surface area contributed by atoms with Gasteiger partial charge in [-0.2, -0.15) is 0 Å². The van der Waals surface area contributed by atoms with E-state index in [1.54, 1.807) is 19.1 Å². The smallest absolute Gasteiger partial charge is 0.407 e. The minimum absolute atomic E-state index is 0.170. The molecule has 1 atom stereocenters. The third kappa shape index (κ3) is 5.25. The molecule has 5 nitrogen and oxygen atoms in total. The van der Waals surface area contributed by atoms with Crippen molar-refractivity contribution in [1.29, 1.82) is 0 Å². The molecule has 0 fully saturated rings. The van der Waals surface area contributed by atoms with Crippen LogP contribution in [0.4, 0.5) is 4.79 Å². The lowest BCUT2D eigenvalue weighted by Crippen LogP contribution is -2.27. The van der Waals surface area contributed by atoms with Gasteiger partial charge in [0, 0.05) is 6.08 Å². The predicted octanol–water partition coefficient (Wildman–Crippen LogP) is 2.59. The maximum atomic E-state index is 11.3. The Labute approximate surface area is 111 Å². The van der Waals surface area contributed by atoms with Crippen LogP contribution in [0.25, 0.3) is 6.08 Å². The van der Waals surface area contributed by atoms with Crippen LogP contribution in [-0.4, -0.2) is 23.8 Å². The zero-order valence-corrected chi connectivity index (χ0v) is 10.9. The second-order valence-corrected chi connectivity index (χ2v) is 3.92. The molecule has 0 saturated carbocycles. The second kappa shape index (κ2) is 7.20. The van der Waals surface area contributed by atoms with Crippen LogP contribution in [0.5, 0.6) is 0 Å². The molecule has 0 aromatic heterocycles. The van der Waals surface area contributed by atoms with E-state index in [9.17, 15) is 9.59 Å². The highest BCUT2D eigenvalue weighted by molar-refractivity contribution is 5.85. The van der Waals surface area contributed by atoms with Crippen LogP contribution in [-0.2, 0) is 9.53 Å². The number of carboxylic acid groups (broad SMARTS) is 1. The molecule has 0 aliphatic rings. The van der Waals surface area contributed by atoms with Crippen LogP contribution in [0.15, 0.2) is 30.3 Å². The van der Waals surface area contributed by atoms with Gasteiger partial charge in [0.2, 0.25) is 0 Å². The quantitative estimate of drug-likeness (QED) is 0.801. The number of alkyl carbamates (subject to hydrolysis) is 1. The van der Waals surface area contributed by atoms with Crippen molar-refractivity contribution in [2.45, 2.75) is 19.9 Å². The fourth-order valence-corrected chi connectivity index (χ4v) is 1.50. The summed E-state index contributed by atoms with van der Waals surface area (Å²) < 4.78 is 4.80. The Morgan fingerprint density at radius 2 is 2.00 bits per heavy atom. The Kier molecular flexibility index (Phi) is 5.60.